The van der Waals surface area contributed by atoms with E-state index in [1.807, 2.05) is 100 Å². The van der Waals surface area contributed by atoms with Crippen LogP contribution in [0.4, 0.5) is 5.69 Å². The highest BCUT2D eigenvalue weighted by atomic mass is 16.5. The Morgan fingerprint density at radius 3 is 2.00 bits per heavy atom. The lowest BCUT2D eigenvalue weighted by Crippen LogP contribution is -2.29. The van der Waals surface area contributed by atoms with Crippen molar-refractivity contribution in [2.45, 2.75) is 53.4 Å². The zero-order valence-corrected chi connectivity index (χ0v) is 24.9. The maximum Gasteiger partial charge on any atom is 0.355 e. The van der Waals surface area contributed by atoms with Crippen molar-refractivity contribution in [1.29, 1.82) is 0 Å². The molecule has 0 fully saturated rings. The number of amides is 1. The predicted octanol–water partition coefficient (Wildman–Crippen LogP) is 7.52. The molecule has 5 aromatic rings. The molecule has 1 N–H and O–H groups in total. The molecule has 8 nitrogen and oxygen atoms in total. The van der Waals surface area contributed by atoms with Gasteiger partial charge in [-0.3, -0.25) is 9.78 Å². The molecule has 1 amide bonds. The second-order valence-corrected chi connectivity index (χ2v) is 10.9. The molecule has 220 valence electrons. The number of aromatic carboxylic acids is 1. The monoisotopic (exact) mass is 577 g/mol. The van der Waals surface area contributed by atoms with E-state index in [4.69, 9.17) is 9.47 Å². The van der Waals surface area contributed by atoms with Crippen molar-refractivity contribution in [2.24, 2.45) is 0 Å². The van der Waals surface area contributed by atoms with Crippen LogP contribution in [0.5, 0.6) is 11.5 Å². The first kappa shape index (κ1) is 29.4. The zero-order valence-electron chi connectivity index (χ0n) is 24.9. The Hall–Kier alpha value is -5.11. The number of fused-ring (bicyclic) bond motifs is 1. The third kappa shape index (κ3) is 6.38. The van der Waals surface area contributed by atoms with Crippen LogP contribution in [0.25, 0.3) is 27.7 Å². The predicted molar refractivity (Wildman–Crippen MR) is 168 cm³/mol. The highest BCUT2D eigenvalue weighted by Crippen LogP contribution is 2.40. The van der Waals surface area contributed by atoms with E-state index in [1.54, 1.807) is 23.0 Å². The first-order valence-corrected chi connectivity index (χ1v) is 14.2. The van der Waals surface area contributed by atoms with Gasteiger partial charge in [-0.2, -0.15) is 0 Å². The summed E-state index contributed by atoms with van der Waals surface area (Å²) in [5, 5.41) is 11.3. The molecule has 0 saturated carbocycles. The van der Waals surface area contributed by atoms with Gasteiger partial charge in [-0.25, -0.2) is 4.79 Å². The second-order valence-electron chi connectivity index (χ2n) is 10.9. The van der Waals surface area contributed by atoms with Gasteiger partial charge in [0.2, 0.25) is 5.91 Å². The highest BCUT2D eigenvalue weighted by Gasteiger charge is 2.29. The SMILES string of the molecule is CC(=O)N(Cc1cccnc1)c1c(C(=O)O)n(-c2ccc(OC(C)C)cc2)c2ccc(-c3ccc(OC(C)C)cc3)cc12. The van der Waals surface area contributed by atoms with E-state index >= 15 is 0 Å². The minimum absolute atomic E-state index is 0.000431. The van der Waals surface area contributed by atoms with Crippen LogP contribution in [0.3, 0.4) is 0 Å². The van der Waals surface area contributed by atoms with Gasteiger partial charge in [0.05, 0.1) is 30.0 Å². The quantitative estimate of drug-likeness (QED) is 0.185. The number of ether oxygens (including phenoxy) is 2. The molecule has 0 radical (unpaired) electrons. The molecule has 5 rings (SSSR count). The van der Waals surface area contributed by atoms with Crippen LogP contribution < -0.4 is 14.4 Å². The molecule has 2 heterocycles. The molecule has 0 atom stereocenters. The summed E-state index contributed by atoms with van der Waals surface area (Å²) in [5.74, 6) is 0.0138. The molecule has 0 saturated heterocycles. The first-order valence-electron chi connectivity index (χ1n) is 14.2. The molecule has 0 aliphatic rings. The molecular formula is C35H35N3O5. The Kier molecular flexibility index (Phi) is 8.48. The van der Waals surface area contributed by atoms with Crippen molar-refractivity contribution < 1.29 is 24.2 Å². The number of carbonyl (C=O) groups excluding carboxylic acids is 1. The van der Waals surface area contributed by atoms with Crippen LogP contribution in [0, 0.1) is 0 Å². The van der Waals surface area contributed by atoms with E-state index in [-0.39, 0.29) is 30.4 Å². The number of aromatic nitrogens is 2. The number of hydrogen-bond donors (Lipinski definition) is 1. The molecule has 0 aliphatic carbocycles. The van der Waals surface area contributed by atoms with Crippen LogP contribution in [0.15, 0.2) is 91.3 Å². The normalized spacial score (nSPS) is 11.2. The number of nitrogens with zero attached hydrogens (tertiary/aromatic N) is 3. The van der Waals surface area contributed by atoms with Gasteiger partial charge in [0, 0.05) is 30.4 Å². The van der Waals surface area contributed by atoms with E-state index in [0.29, 0.717) is 28.0 Å². The number of anilines is 1. The van der Waals surface area contributed by atoms with Crippen LogP contribution in [0.2, 0.25) is 0 Å². The fourth-order valence-electron chi connectivity index (χ4n) is 5.16. The Morgan fingerprint density at radius 1 is 0.860 bits per heavy atom. The summed E-state index contributed by atoms with van der Waals surface area (Å²) in [6.07, 6.45) is 3.39. The van der Waals surface area contributed by atoms with Crippen molar-refractivity contribution >= 4 is 28.5 Å². The Balaban J connectivity index is 1.73. The number of pyridine rings is 1. The van der Waals surface area contributed by atoms with Gasteiger partial charge in [-0.05, 0) is 99.0 Å². The highest BCUT2D eigenvalue weighted by molar-refractivity contribution is 6.13. The Bertz CT molecular complexity index is 1740. The number of carboxylic acids is 1. The fourth-order valence-corrected chi connectivity index (χ4v) is 5.16. The van der Waals surface area contributed by atoms with Gasteiger partial charge >= 0.3 is 5.97 Å². The minimum atomic E-state index is -1.15. The van der Waals surface area contributed by atoms with E-state index < -0.39 is 5.97 Å². The van der Waals surface area contributed by atoms with Gasteiger partial charge in [-0.1, -0.05) is 24.3 Å². The average Bonchev–Trinajstić information content (AvgIpc) is 3.31. The van der Waals surface area contributed by atoms with Gasteiger partial charge in [0.1, 0.15) is 11.5 Å². The molecule has 0 aliphatic heterocycles. The smallest absolute Gasteiger partial charge is 0.355 e. The van der Waals surface area contributed by atoms with Crippen LogP contribution >= 0.6 is 0 Å². The molecule has 0 unspecified atom stereocenters. The summed E-state index contributed by atoms with van der Waals surface area (Å²) in [5.41, 5.74) is 4.20. The summed E-state index contributed by atoms with van der Waals surface area (Å²) in [7, 11) is 0. The minimum Gasteiger partial charge on any atom is -0.491 e. The van der Waals surface area contributed by atoms with Gasteiger partial charge < -0.3 is 24.0 Å². The summed E-state index contributed by atoms with van der Waals surface area (Å²) < 4.78 is 13.3. The second kappa shape index (κ2) is 12.4. The lowest BCUT2D eigenvalue weighted by Gasteiger charge is -2.22. The summed E-state index contributed by atoms with van der Waals surface area (Å²) >= 11 is 0. The third-order valence-electron chi connectivity index (χ3n) is 6.88. The number of carbonyl (C=O) groups is 2. The first-order chi connectivity index (χ1) is 20.6. The van der Waals surface area contributed by atoms with E-state index in [0.717, 1.165) is 22.4 Å². The van der Waals surface area contributed by atoms with Crippen molar-refractivity contribution in [3.8, 4) is 28.3 Å². The molecule has 43 heavy (non-hydrogen) atoms. The average molecular weight is 578 g/mol. The fraction of sp³-hybridized carbons (Fsp3) is 0.229. The summed E-state index contributed by atoms with van der Waals surface area (Å²) in [4.78, 5) is 32.0. The maximum atomic E-state index is 13.2. The van der Waals surface area contributed by atoms with Gasteiger partial charge in [0.15, 0.2) is 5.69 Å². The van der Waals surface area contributed by atoms with E-state index in [1.165, 1.54) is 11.8 Å². The van der Waals surface area contributed by atoms with Gasteiger partial charge in [0.25, 0.3) is 0 Å². The molecule has 0 bridgehead atoms. The third-order valence-corrected chi connectivity index (χ3v) is 6.88. The van der Waals surface area contributed by atoms with E-state index in [9.17, 15) is 14.7 Å². The lowest BCUT2D eigenvalue weighted by atomic mass is 10.0. The molecule has 8 heteroatoms. The standard InChI is InChI=1S/C35H35N3O5/c1-22(2)42-29-13-8-26(9-14-29)27-10-17-32-31(19-27)33(37(24(5)39)21-25-7-6-18-36-20-25)34(35(40)41)38(32)28-11-15-30(16-12-28)43-23(3)4/h6-20,22-23H,21H2,1-5H3,(H,40,41). The van der Waals surface area contributed by atoms with Crippen molar-refractivity contribution in [2.75, 3.05) is 4.90 Å². The number of benzene rings is 3. The van der Waals surface area contributed by atoms with Crippen LogP contribution in [-0.4, -0.2) is 38.7 Å². The lowest BCUT2D eigenvalue weighted by molar-refractivity contribution is -0.116. The van der Waals surface area contributed by atoms with Crippen molar-refractivity contribution in [3.63, 3.8) is 0 Å². The Morgan fingerprint density at radius 2 is 1.47 bits per heavy atom. The van der Waals surface area contributed by atoms with Gasteiger partial charge in [-0.15, -0.1) is 0 Å². The topological polar surface area (TPSA) is 93.9 Å². The van der Waals surface area contributed by atoms with Crippen LogP contribution in [0.1, 0.15) is 50.7 Å². The molecular weight excluding hydrogens is 542 g/mol. The number of rotatable bonds is 10. The maximum absolute atomic E-state index is 13.2. The van der Waals surface area contributed by atoms with Crippen molar-refractivity contribution in [1.82, 2.24) is 9.55 Å². The summed E-state index contributed by atoms with van der Waals surface area (Å²) in [6, 6.07) is 24.5. The zero-order chi connectivity index (χ0) is 30.7. The number of carboxylic acid groups (broad SMARTS) is 1. The number of hydrogen-bond acceptors (Lipinski definition) is 5. The molecule has 3 aromatic carbocycles. The van der Waals surface area contributed by atoms with Crippen LogP contribution in [-0.2, 0) is 11.3 Å². The largest absolute Gasteiger partial charge is 0.491 e. The van der Waals surface area contributed by atoms with E-state index in [2.05, 4.69) is 4.98 Å². The molecule has 0 spiro atoms. The summed E-state index contributed by atoms with van der Waals surface area (Å²) in [6.45, 7) is 9.46. The Labute approximate surface area is 251 Å². The molecule has 2 aromatic heterocycles. The van der Waals surface area contributed by atoms with Crippen molar-refractivity contribution in [3.05, 3.63) is 103 Å².